The molecule has 1 heterocycles. The lowest BCUT2D eigenvalue weighted by Crippen LogP contribution is -1.98. The molecule has 0 saturated heterocycles. The van der Waals surface area contributed by atoms with E-state index in [-0.39, 0.29) is 0 Å². The Balaban J connectivity index is 2.53. The lowest BCUT2D eigenvalue weighted by molar-refractivity contribution is 0.822. The smallest absolute Gasteiger partial charge is 0.120 e. The Labute approximate surface area is 110 Å². The van der Waals surface area contributed by atoms with Crippen LogP contribution in [-0.4, -0.2) is 9.97 Å². The average molecular weight is 294 g/mol. The van der Waals surface area contributed by atoms with E-state index in [4.69, 9.17) is 5.73 Å². The van der Waals surface area contributed by atoms with Crippen molar-refractivity contribution in [2.75, 3.05) is 0 Å². The molecule has 0 aliphatic heterocycles. The molecule has 17 heavy (non-hydrogen) atoms. The van der Waals surface area contributed by atoms with Crippen molar-refractivity contribution in [1.29, 1.82) is 0 Å². The molecule has 0 aliphatic rings. The number of hydrogen-bond acceptors (Lipinski definition) is 2. The molecule has 3 nitrogen and oxygen atoms in total. The van der Waals surface area contributed by atoms with E-state index in [2.05, 4.69) is 51.9 Å². The molecule has 0 amide bonds. The molecule has 0 saturated carbocycles. The van der Waals surface area contributed by atoms with Gasteiger partial charge in [0.2, 0.25) is 0 Å². The fourth-order valence-corrected chi connectivity index (χ4v) is 2.21. The van der Waals surface area contributed by atoms with Gasteiger partial charge < -0.3 is 10.7 Å². The normalized spacial score (nSPS) is 11.1. The van der Waals surface area contributed by atoms with Crippen molar-refractivity contribution in [3.05, 3.63) is 40.3 Å². The largest absolute Gasteiger partial charge is 0.344 e. The highest BCUT2D eigenvalue weighted by atomic mass is 79.9. The molecular formula is C13H16BrN3. The van der Waals surface area contributed by atoms with Gasteiger partial charge >= 0.3 is 0 Å². The number of imidazole rings is 1. The van der Waals surface area contributed by atoms with Crippen LogP contribution in [0.2, 0.25) is 0 Å². The van der Waals surface area contributed by atoms with Crippen molar-refractivity contribution in [3.63, 3.8) is 0 Å². The Hall–Kier alpha value is -1.13. The predicted molar refractivity (Wildman–Crippen MR) is 73.7 cm³/mol. The second-order valence-electron chi connectivity index (χ2n) is 4.31. The van der Waals surface area contributed by atoms with Gasteiger partial charge in [-0.3, -0.25) is 0 Å². The van der Waals surface area contributed by atoms with Crippen LogP contribution in [0.1, 0.15) is 31.3 Å². The summed E-state index contributed by atoms with van der Waals surface area (Å²) in [5.74, 6) is 1.24. The van der Waals surface area contributed by atoms with E-state index in [1.54, 1.807) is 0 Å². The van der Waals surface area contributed by atoms with Gasteiger partial charge in [0.1, 0.15) is 5.82 Å². The molecule has 0 radical (unpaired) electrons. The summed E-state index contributed by atoms with van der Waals surface area (Å²) in [6, 6.07) is 8.16. The number of halogens is 1. The first kappa shape index (κ1) is 12.3. The van der Waals surface area contributed by atoms with Crippen molar-refractivity contribution >= 4 is 15.9 Å². The fraction of sp³-hybridized carbons (Fsp3) is 0.308. The molecule has 0 atom stereocenters. The van der Waals surface area contributed by atoms with E-state index in [9.17, 15) is 0 Å². The minimum atomic E-state index is 0.400. The summed E-state index contributed by atoms with van der Waals surface area (Å²) in [5, 5.41) is 0. The summed E-state index contributed by atoms with van der Waals surface area (Å²) in [6.45, 7) is 4.73. The lowest BCUT2D eigenvalue weighted by atomic mass is 10.0. The van der Waals surface area contributed by atoms with Crippen LogP contribution in [-0.2, 0) is 6.54 Å². The monoisotopic (exact) mass is 293 g/mol. The first-order valence-corrected chi connectivity index (χ1v) is 6.46. The maximum absolute atomic E-state index is 5.64. The number of hydrogen-bond donors (Lipinski definition) is 2. The second kappa shape index (κ2) is 5.02. The predicted octanol–water partition coefficient (Wildman–Crippen LogP) is 3.42. The van der Waals surface area contributed by atoms with Crippen LogP contribution in [0.5, 0.6) is 0 Å². The third-order valence-corrected chi connectivity index (χ3v) is 3.14. The van der Waals surface area contributed by atoms with Gasteiger partial charge in [-0.05, 0) is 18.1 Å². The Morgan fingerprint density at radius 1 is 1.41 bits per heavy atom. The molecule has 3 N–H and O–H groups in total. The standard InChI is InChI=1S/C13H16BrN3/c1-8(2)12-13(17-11(7-15)16-12)9-4-3-5-10(14)6-9/h3-6,8H,7,15H2,1-2H3,(H,16,17). The van der Waals surface area contributed by atoms with E-state index in [0.29, 0.717) is 12.5 Å². The number of rotatable bonds is 3. The first-order chi connectivity index (χ1) is 8.11. The molecule has 0 bridgehead atoms. The molecule has 0 unspecified atom stereocenters. The minimum absolute atomic E-state index is 0.400. The van der Waals surface area contributed by atoms with Crippen molar-refractivity contribution in [2.45, 2.75) is 26.3 Å². The number of nitrogens with zero attached hydrogens (tertiary/aromatic N) is 1. The van der Waals surface area contributed by atoms with Gasteiger partial charge in [-0.2, -0.15) is 0 Å². The van der Waals surface area contributed by atoms with Crippen molar-refractivity contribution in [1.82, 2.24) is 9.97 Å². The van der Waals surface area contributed by atoms with Crippen LogP contribution in [0.15, 0.2) is 28.7 Å². The number of aromatic nitrogens is 2. The van der Waals surface area contributed by atoms with E-state index in [1.165, 1.54) is 0 Å². The van der Waals surface area contributed by atoms with Gasteiger partial charge in [0, 0.05) is 15.7 Å². The highest BCUT2D eigenvalue weighted by molar-refractivity contribution is 9.10. The topological polar surface area (TPSA) is 54.7 Å². The molecule has 1 aromatic carbocycles. The molecule has 4 heteroatoms. The van der Waals surface area contributed by atoms with Crippen LogP contribution in [0.4, 0.5) is 0 Å². The van der Waals surface area contributed by atoms with Crippen LogP contribution < -0.4 is 5.73 Å². The number of nitrogens with one attached hydrogen (secondary N) is 1. The van der Waals surface area contributed by atoms with Crippen LogP contribution >= 0.6 is 15.9 Å². The average Bonchev–Trinajstić information content (AvgIpc) is 2.73. The third-order valence-electron chi connectivity index (χ3n) is 2.65. The maximum Gasteiger partial charge on any atom is 0.120 e. The van der Waals surface area contributed by atoms with Crippen LogP contribution in [0.3, 0.4) is 0 Å². The van der Waals surface area contributed by atoms with Gasteiger partial charge in [-0.25, -0.2) is 4.98 Å². The van der Waals surface area contributed by atoms with Gasteiger partial charge in [0.15, 0.2) is 0 Å². The summed E-state index contributed by atoms with van der Waals surface area (Å²) >= 11 is 3.48. The van der Waals surface area contributed by atoms with Crippen molar-refractivity contribution < 1.29 is 0 Å². The van der Waals surface area contributed by atoms with Gasteiger partial charge in [-0.1, -0.05) is 41.9 Å². The number of nitrogens with two attached hydrogens (primary N) is 1. The zero-order chi connectivity index (χ0) is 12.4. The molecule has 2 rings (SSSR count). The number of H-pyrrole nitrogens is 1. The van der Waals surface area contributed by atoms with Crippen molar-refractivity contribution in [3.8, 4) is 11.3 Å². The van der Waals surface area contributed by atoms with E-state index in [0.717, 1.165) is 27.2 Å². The Morgan fingerprint density at radius 3 is 2.76 bits per heavy atom. The molecule has 1 aromatic heterocycles. The zero-order valence-corrected chi connectivity index (χ0v) is 11.6. The quantitative estimate of drug-likeness (QED) is 0.911. The molecule has 0 aliphatic carbocycles. The van der Waals surface area contributed by atoms with E-state index < -0.39 is 0 Å². The molecule has 0 spiro atoms. The van der Waals surface area contributed by atoms with Crippen molar-refractivity contribution in [2.24, 2.45) is 5.73 Å². The lowest BCUT2D eigenvalue weighted by Gasteiger charge is -2.06. The van der Waals surface area contributed by atoms with Gasteiger partial charge in [0.25, 0.3) is 0 Å². The minimum Gasteiger partial charge on any atom is -0.344 e. The molecule has 90 valence electrons. The summed E-state index contributed by atoms with van der Waals surface area (Å²) in [4.78, 5) is 7.86. The molecular weight excluding hydrogens is 278 g/mol. The van der Waals surface area contributed by atoms with Gasteiger partial charge in [-0.15, -0.1) is 0 Å². The SMILES string of the molecule is CC(C)c1[nH]c(CN)nc1-c1cccc(Br)c1. The summed E-state index contributed by atoms with van der Waals surface area (Å²) in [5.41, 5.74) is 8.89. The second-order valence-corrected chi connectivity index (χ2v) is 5.23. The summed E-state index contributed by atoms with van der Waals surface area (Å²) in [6.07, 6.45) is 0. The molecule has 0 fully saturated rings. The van der Waals surface area contributed by atoms with Crippen LogP contribution in [0, 0.1) is 0 Å². The van der Waals surface area contributed by atoms with E-state index >= 15 is 0 Å². The zero-order valence-electron chi connectivity index (χ0n) is 10.00. The summed E-state index contributed by atoms with van der Waals surface area (Å²) < 4.78 is 1.06. The Kier molecular flexibility index (Phi) is 3.64. The van der Waals surface area contributed by atoms with Gasteiger partial charge in [0.05, 0.1) is 12.2 Å². The highest BCUT2D eigenvalue weighted by Gasteiger charge is 2.14. The summed E-state index contributed by atoms with van der Waals surface area (Å²) in [7, 11) is 0. The fourth-order valence-electron chi connectivity index (χ4n) is 1.81. The number of benzene rings is 1. The Bertz CT molecular complexity index is 517. The van der Waals surface area contributed by atoms with E-state index in [1.807, 2.05) is 12.1 Å². The third kappa shape index (κ3) is 2.58. The van der Waals surface area contributed by atoms with Crippen LogP contribution in [0.25, 0.3) is 11.3 Å². The number of aromatic amines is 1. The first-order valence-electron chi connectivity index (χ1n) is 5.66. The molecule has 2 aromatic rings. The maximum atomic E-state index is 5.64. The highest BCUT2D eigenvalue weighted by Crippen LogP contribution is 2.28. The Morgan fingerprint density at radius 2 is 2.18 bits per heavy atom.